The molecule has 0 N–H and O–H groups in total. The second-order valence-corrected chi connectivity index (χ2v) is 5.19. The molecular weight excluding hydrogens is 330 g/mol. The molecule has 1 aromatic carbocycles. The number of benzene rings is 1. The Kier molecular flexibility index (Phi) is 4.98. The number of carbonyl (C=O) groups is 1. The van der Waals surface area contributed by atoms with Crippen LogP contribution in [0.5, 0.6) is 0 Å². The fourth-order valence-electron chi connectivity index (χ4n) is 1.88. The van der Waals surface area contributed by atoms with Crippen molar-refractivity contribution in [2.24, 2.45) is 0 Å². The number of halogens is 1. The van der Waals surface area contributed by atoms with Crippen LogP contribution in [0, 0.1) is 0 Å². The zero-order valence-corrected chi connectivity index (χ0v) is 13.2. The number of rotatable bonds is 5. The average molecular weight is 342 g/mol. The van der Waals surface area contributed by atoms with Crippen LogP contribution in [-0.2, 0) is 16.1 Å². The minimum Gasteiger partial charge on any atom is -0.452 e. The van der Waals surface area contributed by atoms with E-state index >= 15 is 0 Å². The smallest absolute Gasteiger partial charge is 0.331 e. The van der Waals surface area contributed by atoms with Gasteiger partial charge in [-0.05, 0) is 29.8 Å². The van der Waals surface area contributed by atoms with Gasteiger partial charge in [-0.15, -0.1) is 0 Å². The molecule has 0 aliphatic rings. The first-order valence-corrected chi connectivity index (χ1v) is 7.42. The summed E-state index contributed by atoms with van der Waals surface area (Å²) >= 11 is 5.92. The van der Waals surface area contributed by atoms with Gasteiger partial charge in [-0.25, -0.2) is 4.79 Å². The Morgan fingerprint density at radius 1 is 1.29 bits per heavy atom. The van der Waals surface area contributed by atoms with Crippen LogP contribution in [0.1, 0.15) is 11.5 Å². The summed E-state index contributed by atoms with van der Waals surface area (Å²) < 4.78 is 10.1. The van der Waals surface area contributed by atoms with Crippen molar-refractivity contribution in [3.05, 3.63) is 71.3 Å². The highest BCUT2D eigenvalue weighted by Gasteiger charge is 2.10. The highest BCUT2D eigenvalue weighted by atomic mass is 35.5. The van der Waals surface area contributed by atoms with Crippen molar-refractivity contribution >= 4 is 23.6 Å². The number of nitrogens with zero attached hydrogens (tertiary/aromatic N) is 3. The monoisotopic (exact) mass is 341 g/mol. The number of esters is 1. The van der Waals surface area contributed by atoms with Gasteiger partial charge >= 0.3 is 5.97 Å². The number of carbonyl (C=O) groups excluding carboxylic acids is 1. The van der Waals surface area contributed by atoms with Crippen LogP contribution >= 0.6 is 11.6 Å². The van der Waals surface area contributed by atoms with E-state index in [1.54, 1.807) is 42.7 Å². The highest BCUT2D eigenvalue weighted by Crippen LogP contribution is 2.20. The topological polar surface area (TPSA) is 78.1 Å². The maximum Gasteiger partial charge on any atom is 0.331 e. The van der Waals surface area contributed by atoms with Crippen molar-refractivity contribution in [3.63, 3.8) is 0 Å². The van der Waals surface area contributed by atoms with Gasteiger partial charge in [-0.3, -0.25) is 4.98 Å². The lowest BCUT2D eigenvalue weighted by Gasteiger charge is -1.97. The van der Waals surface area contributed by atoms with Crippen LogP contribution in [0.25, 0.3) is 17.5 Å². The third-order valence-corrected chi connectivity index (χ3v) is 3.22. The zero-order chi connectivity index (χ0) is 16.8. The Bertz CT molecular complexity index is 862. The lowest BCUT2D eigenvalue weighted by molar-refractivity contribution is -0.139. The van der Waals surface area contributed by atoms with Gasteiger partial charge in [-0.2, -0.15) is 4.98 Å². The maximum atomic E-state index is 11.7. The predicted octanol–water partition coefficient (Wildman–Crippen LogP) is 3.54. The van der Waals surface area contributed by atoms with Crippen LogP contribution in [0.2, 0.25) is 5.02 Å². The van der Waals surface area contributed by atoms with Crippen LogP contribution in [0.3, 0.4) is 0 Å². The number of pyridine rings is 1. The molecule has 6 nitrogen and oxygen atoms in total. The molecule has 0 radical (unpaired) electrons. The van der Waals surface area contributed by atoms with E-state index in [0.29, 0.717) is 10.8 Å². The molecule has 0 bridgehead atoms. The molecule has 3 rings (SSSR count). The van der Waals surface area contributed by atoms with E-state index in [9.17, 15) is 4.79 Å². The molecule has 2 aromatic heterocycles. The quantitative estimate of drug-likeness (QED) is 0.521. The number of aromatic nitrogens is 3. The van der Waals surface area contributed by atoms with E-state index in [0.717, 1.165) is 11.1 Å². The summed E-state index contributed by atoms with van der Waals surface area (Å²) in [6.07, 6.45) is 6.22. The summed E-state index contributed by atoms with van der Waals surface area (Å²) in [6, 6.07) is 10.7. The average Bonchev–Trinajstić information content (AvgIpc) is 3.08. The second kappa shape index (κ2) is 7.52. The van der Waals surface area contributed by atoms with Crippen LogP contribution < -0.4 is 0 Å². The van der Waals surface area contributed by atoms with Gasteiger partial charge in [0.2, 0.25) is 5.82 Å². The molecule has 0 aliphatic heterocycles. The Morgan fingerprint density at radius 3 is 3.00 bits per heavy atom. The van der Waals surface area contributed by atoms with Crippen LogP contribution in [0.4, 0.5) is 0 Å². The summed E-state index contributed by atoms with van der Waals surface area (Å²) in [4.78, 5) is 19.8. The normalized spacial score (nSPS) is 10.9. The number of hydrogen-bond donors (Lipinski definition) is 0. The fraction of sp³-hybridized carbons (Fsp3) is 0.0588. The van der Waals surface area contributed by atoms with Gasteiger partial charge in [0.25, 0.3) is 5.89 Å². The molecule has 24 heavy (non-hydrogen) atoms. The SMILES string of the molecule is O=C(C=Cc1cccnc1)OCc1nc(-c2cccc(Cl)c2)no1. The molecule has 2 heterocycles. The van der Waals surface area contributed by atoms with Crippen molar-refractivity contribution in [2.75, 3.05) is 0 Å². The van der Waals surface area contributed by atoms with Crippen molar-refractivity contribution in [2.45, 2.75) is 6.61 Å². The standard InChI is InChI=1S/C17H12ClN3O3/c18-14-5-1-4-13(9-14)17-20-15(24-21-17)11-23-16(22)7-6-12-3-2-8-19-10-12/h1-10H,11H2. The van der Waals surface area contributed by atoms with Gasteiger partial charge < -0.3 is 9.26 Å². The highest BCUT2D eigenvalue weighted by molar-refractivity contribution is 6.30. The molecule has 0 saturated heterocycles. The Hall–Kier alpha value is -2.99. The van der Waals surface area contributed by atoms with E-state index in [4.69, 9.17) is 20.9 Å². The van der Waals surface area contributed by atoms with Crippen LogP contribution in [-0.4, -0.2) is 21.1 Å². The molecule has 0 atom stereocenters. The first kappa shape index (κ1) is 15.9. The first-order valence-electron chi connectivity index (χ1n) is 7.04. The summed E-state index contributed by atoms with van der Waals surface area (Å²) in [5, 5.41) is 4.41. The Morgan fingerprint density at radius 2 is 2.21 bits per heavy atom. The van der Waals surface area contributed by atoms with Gasteiger partial charge in [0.05, 0.1) is 0 Å². The lowest BCUT2D eigenvalue weighted by Crippen LogP contribution is -2.01. The number of hydrogen-bond acceptors (Lipinski definition) is 6. The molecule has 0 aliphatic carbocycles. The minimum atomic E-state index is -0.513. The van der Waals surface area contributed by atoms with Gasteiger partial charge in [0, 0.05) is 29.1 Å². The van der Waals surface area contributed by atoms with E-state index in [-0.39, 0.29) is 12.5 Å². The fourth-order valence-corrected chi connectivity index (χ4v) is 2.07. The van der Waals surface area contributed by atoms with Crippen molar-refractivity contribution in [3.8, 4) is 11.4 Å². The van der Waals surface area contributed by atoms with Gasteiger partial charge in [0.1, 0.15) is 0 Å². The summed E-state index contributed by atoms with van der Waals surface area (Å²) in [5.41, 5.74) is 1.52. The maximum absolute atomic E-state index is 11.7. The molecule has 0 amide bonds. The molecule has 0 unspecified atom stereocenters. The van der Waals surface area contributed by atoms with E-state index in [2.05, 4.69) is 15.1 Å². The molecule has 0 saturated carbocycles. The summed E-state index contributed by atoms with van der Waals surface area (Å²) in [5.74, 6) is 0.0731. The van der Waals surface area contributed by atoms with Gasteiger partial charge in [-0.1, -0.05) is 35.0 Å². The summed E-state index contributed by atoms with van der Waals surface area (Å²) in [7, 11) is 0. The third-order valence-electron chi connectivity index (χ3n) is 2.99. The lowest BCUT2D eigenvalue weighted by atomic mass is 10.2. The Labute approximate surface area is 142 Å². The second-order valence-electron chi connectivity index (χ2n) is 4.75. The van der Waals surface area contributed by atoms with E-state index in [1.165, 1.54) is 6.08 Å². The molecule has 0 spiro atoms. The third kappa shape index (κ3) is 4.27. The predicted molar refractivity (Wildman–Crippen MR) is 87.8 cm³/mol. The van der Waals surface area contributed by atoms with Crippen molar-refractivity contribution < 1.29 is 14.1 Å². The molecule has 0 fully saturated rings. The van der Waals surface area contributed by atoms with Gasteiger partial charge in [0.15, 0.2) is 6.61 Å². The van der Waals surface area contributed by atoms with E-state index < -0.39 is 5.97 Å². The van der Waals surface area contributed by atoms with E-state index in [1.807, 2.05) is 12.1 Å². The van der Waals surface area contributed by atoms with Crippen molar-refractivity contribution in [1.82, 2.24) is 15.1 Å². The number of ether oxygens (including phenoxy) is 1. The minimum absolute atomic E-state index is 0.107. The molecule has 3 aromatic rings. The van der Waals surface area contributed by atoms with Crippen LogP contribution in [0.15, 0.2) is 59.4 Å². The molecule has 7 heteroatoms. The first-order chi connectivity index (χ1) is 11.7. The summed E-state index contributed by atoms with van der Waals surface area (Å²) in [6.45, 7) is -0.107. The molecular formula is C17H12ClN3O3. The Balaban J connectivity index is 1.57. The largest absolute Gasteiger partial charge is 0.452 e. The zero-order valence-electron chi connectivity index (χ0n) is 12.4. The molecule has 120 valence electrons. The van der Waals surface area contributed by atoms with Crippen molar-refractivity contribution in [1.29, 1.82) is 0 Å².